The molecule has 0 spiro atoms. The standard InChI is InChI=1S/C28H20N2O5/c1-34-27-15-19(14-23(17-29)28(31)21-8-5-10-24(16-21)30(32)33)12-13-26(27)35-18-22-9-4-7-20-6-2-3-11-25(20)22/h2-16H,18H2,1H3. The van der Waals surface area contributed by atoms with Gasteiger partial charge in [-0.2, -0.15) is 5.26 Å². The van der Waals surface area contributed by atoms with E-state index >= 15 is 0 Å². The number of methoxy groups -OCH3 is 1. The summed E-state index contributed by atoms with van der Waals surface area (Å²) in [5.74, 6) is 0.353. The van der Waals surface area contributed by atoms with E-state index in [1.165, 1.54) is 31.4 Å². The van der Waals surface area contributed by atoms with E-state index in [1.54, 1.807) is 18.2 Å². The van der Waals surface area contributed by atoms with Crippen LogP contribution in [0.5, 0.6) is 11.5 Å². The minimum Gasteiger partial charge on any atom is -0.493 e. The van der Waals surface area contributed by atoms with Gasteiger partial charge in [-0.25, -0.2) is 0 Å². The van der Waals surface area contributed by atoms with Gasteiger partial charge in [-0.05, 0) is 40.1 Å². The van der Waals surface area contributed by atoms with Crippen LogP contribution in [0, 0.1) is 21.4 Å². The van der Waals surface area contributed by atoms with E-state index in [9.17, 15) is 20.2 Å². The Hall–Kier alpha value is -4.96. The second kappa shape index (κ2) is 10.3. The summed E-state index contributed by atoms with van der Waals surface area (Å²) in [6.07, 6.45) is 1.41. The Balaban J connectivity index is 1.57. The Labute approximate surface area is 201 Å². The van der Waals surface area contributed by atoms with Gasteiger partial charge in [-0.3, -0.25) is 14.9 Å². The van der Waals surface area contributed by atoms with Crippen LogP contribution in [-0.2, 0) is 6.61 Å². The monoisotopic (exact) mass is 464 g/mol. The fraction of sp³-hybridized carbons (Fsp3) is 0.0714. The van der Waals surface area contributed by atoms with E-state index in [4.69, 9.17) is 9.47 Å². The van der Waals surface area contributed by atoms with Crippen molar-refractivity contribution in [2.45, 2.75) is 6.61 Å². The number of nitrogens with zero attached hydrogens (tertiary/aromatic N) is 2. The number of nitro benzene ring substituents is 1. The highest BCUT2D eigenvalue weighted by Crippen LogP contribution is 2.31. The van der Waals surface area contributed by atoms with Crippen molar-refractivity contribution in [1.29, 1.82) is 5.26 Å². The van der Waals surface area contributed by atoms with Crippen LogP contribution in [0.3, 0.4) is 0 Å². The third kappa shape index (κ3) is 5.18. The number of rotatable bonds is 8. The topological polar surface area (TPSA) is 102 Å². The highest BCUT2D eigenvalue weighted by molar-refractivity contribution is 6.14. The molecule has 0 saturated carbocycles. The molecule has 0 aliphatic rings. The molecular weight excluding hydrogens is 444 g/mol. The Bertz CT molecular complexity index is 1500. The van der Waals surface area contributed by atoms with Crippen LogP contribution in [0.25, 0.3) is 16.8 Å². The minimum atomic E-state index is -0.605. The average molecular weight is 464 g/mol. The van der Waals surface area contributed by atoms with E-state index in [-0.39, 0.29) is 16.8 Å². The van der Waals surface area contributed by atoms with Crippen molar-refractivity contribution < 1.29 is 19.2 Å². The molecule has 0 saturated heterocycles. The van der Waals surface area contributed by atoms with Crippen molar-refractivity contribution >= 4 is 28.3 Å². The molecule has 0 fully saturated rings. The largest absolute Gasteiger partial charge is 0.493 e. The van der Waals surface area contributed by atoms with Crippen molar-refractivity contribution in [3.63, 3.8) is 0 Å². The number of allylic oxidation sites excluding steroid dienone is 1. The third-order valence-corrected chi connectivity index (χ3v) is 5.45. The number of ketones is 1. The Morgan fingerprint density at radius 2 is 1.77 bits per heavy atom. The molecule has 7 nitrogen and oxygen atoms in total. The number of Topliss-reactive ketones (excluding diaryl/α,β-unsaturated/α-hetero) is 1. The lowest BCUT2D eigenvalue weighted by molar-refractivity contribution is -0.384. The summed E-state index contributed by atoms with van der Waals surface area (Å²) in [5.41, 5.74) is 1.27. The van der Waals surface area contributed by atoms with Crippen LogP contribution in [0.1, 0.15) is 21.5 Å². The van der Waals surface area contributed by atoms with E-state index < -0.39 is 10.7 Å². The van der Waals surface area contributed by atoms with E-state index in [2.05, 4.69) is 0 Å². The summed E-state index contributed by atoms with van der Waals surface area (Å²) < 4.78 is 11.5. The third-order valence-electron chi connectivity index (χ3n) is 5.45. The summed E-state index contributed by atoms with van der Waals surface area (Å²) >= 11 is 0. The summed E-state index contributed by atoms with van der Waals surface area (Å²) in [6, 6.07) is 26.3. The molecule has 0 radical (unpaired) electrons. The lowest BCUT2D eigenvalue weighted by Crippen LogP contribution is -2.03. The molecule has 172 valence electrons. The summed E-state index contributed by atoms with van der Waals surface area (Å²) in [7, 11) is 1.51. The van der Waals surface area contributed by atoms with Crippen molar-refractivity contribution in [2.75, 3.05) is 7.11 Å². The number of nitriles is 1. The van der Waals surface area contributed by atoms with Gasteiger partial charge in [0, 0.05) is 17.7 Å². The molecule has 7 heteroatoms. The van der Waals surface area contributed by atoms with Gasteiger partial charge in [0.05, 0.1) is 12.0 Å². The van der Waals surface area contributed by atoms with Crippen molar-refractivity contribution in [3.05, 3.63) is 117 Å². The normalized spacial score (nSPS) is 11.0. The van der Waals surface area contributed by atoms with Crippen LogP contribution in [0.4, 0.5) is 5.69 Å². The maximum atomic E-state index is 12.8. The zero-order valence-electron chi connectivity index (χ0n) is 18.8. The Morgan fingerprint density at radius 3 is 2.54 bits per heavy atom. The molecule has 0 heterocycles. The van der Waals surface area contributed by atoms with Crippen LogP contribution < -0.4 is 9.47 Å². The predicted octanol–water partition coefficient (Wildman–Crippen LogP) is 6.13. The molecule has 4 aromatic rings. The van der Waals surface area contributed by atoms with Gasteiger partial charge in [0.1, 0.15) is 18.2 Å². The maximum absolute atomic E-state index is 12.8. The highest BCUT2D eigenvalue weighted by atomic mass is 16.6. The second-order valence-electron chi connectivity index (χ2n) is 7.64. The second-order valence-corrected chi connectivity index (χ2v) is 7.64. The first-order valence-corrected chi connectivity index (χ1v) is 10.7. The van der Waals surface area contributed by atoms with Crippen LogP contribution in [0.2, 0.25) is 0 Å². The molecule has 0 amide bonds. The Morgan fingerprint density at radius 1 is 1.00 bits per heavy atom. The molecule has 0 unspecified atom stereocenters. The molecule has 0 bridgehead atoms. The van der Waals surface area contributed by atoms with Gasteiger partial charge >= 0.3 is 0 Å². The van der Waals surface area contributed by atoms with E-state index in [1.807, 2.05) is 48.5 Å². The molecule has 4 aromatic carbocycles. The molecular formula is C28H20N2O5. The average Bonchev–Trinajstić information content (AvgIpc) is 2.90. The summed E-state index contributed by atoms with van der Waals surface area (Å²) in [5, 5.41) is 22.8. The first-order chi connectivity index (χ1) is 17.0. The van der Waals surface area contributed by atoms with Crippen LogP contribution in [0.15, 0.2) is 90.5 Å². The smallest absolute Gasteiger partial charge is 0.270 e. The van der Waals surface area contributed by atoms with Gasteiger partial charge in [-0.1, -0.05) is 60.7 Å². The highest BCUT2D eigenvalue weighted by Gasteiger charge is 2.16. The number of fused-ring (bicyclic) bond motifs is 1. The molecule has 0 N–H and O–H groups in total. The number of ether oxygens (including phenoxy) is 2. The fourth-order valence-electron chi connectivity index (χ4n) is 3.70. The van der Waals surface area contributed by atoms with Crippen molar-refractivity contribution in [1.82, 2.24) is 0 Å². The molecule has 0 atom stereocenters. The SMILES string of the molecule is COc1cc(C=C(C#N)C(=O)c2cccc([N+](=O)[O-])c2)ccc1OCc1cccc2ccccc12. The van der Waals surface area contributed by atoms with Gasteiger partial charge < -0.3 is 9.47 Å². The van der Waals surface area contributed by atoms with E-state index in [0.717, 1.165) is 22.4 Å². The van der Waals surface area contributed by atoms with Gasteiger partial charge in [0.25, 0.3) is 5.69 Å². The lowest BCUT2D eigenvalue weighted by Gasteiger charge is -2.13. The molecule has 0 aliphatic carbocycles. The van der Waals surface area contributed by atoms with E-state index in [0.29, 0.717) is 23.7 Å². The summed E-state index contributed by atoms with van der Waals surface area (Å²) in [4.78, 5) is 23.2. The first kappa shape index (κ1) is 23.2. The van der Waals surface area contributed by atoms with Crippen LogP contribution in [-0.4, -0.2) is 17.8 Å². The zero-order chi connectivity index (χ0) is 24.8. The maximum Gasteiger partial charge on any atom is 0.270 e. The van der Waals surface area contributed by atoms with Crippen molar-refractivity contribution in [2.24, 2.45) is 0 Å². The van der Waals surface area contributed by atoms with Gasteiger partial charge in [0.15, 0.2) is 11.5 Å². The van der Waals surface area contributed by atoms with Crippen LogP contribution >= 0.6 is 0 Å². The number of hydrogen-bond donors (Lipinski definition) is 0. The quantitative estimate of drug-likeness (QED) is 0.102. The molecule has 4 rings (SSSR count). The molecule has 0 aliphatic heterocycles. The number of benzene rings is 4. The van der Waals surface area contributed by atoms with Crippen molar-refractivity contribution in [3.8, 4) is 17.6 Å². The minimum absolute atomic E-state index is 0.0639. The zero-order valence-corrected chi connectivity index (χ0v) is 18.8. The molecule has 35 heavy (non-hydrogen) atoms. The Kier molecular flexibility index (Phi) is 6.84. The first-order valence-electron chi connectivity index (χ1n) is 10.7. The number of non-ortho nitro benzene ring substituents is 1. The summed E-state index contributed by atoms with van der Waals surface area (Å²) in [6.45, 7) is 0.335. The number of carbonyl (C=O) groups excluding carboxylic acids is 1. The molecule has 0 aromatic heterocycles. The number of nitro groups is 1. The number of hydrogen-bond acceptors (Lipinski definition) is 6. The predicted molar refractivity (Wildman–Crippen MR) is 132 cm³/mol. The number of carbonyl (C=O) groups is 1. The fourth-order valence-corrected chi connectivity index (χ4v) is 3.70. The van der Waals surface area contributed by atoms with Gasteiger partial charge in [0.2, 0.25) is 5.78 Å². The van der Waals surface area contributed by atoms with Gasteiger partial charge in [-0.15, -0.1) is 0 Å². The lowest BCUT2D eigenvalue weighted by atomic mass is 10.0.